The van der Waals surface area contributed by atoms with Crippen molar-refractivity contribution >= 4 is 19.8 Å². The summed E-state index contributed by atoms with van der Waals surface area (Å²) in [7, 11) is 0.874. The minimum atomic E-state index is -0.128. The van der Waals surface area contributed by atoms with E-state index in [1.54, 1.807) is 0 Å². The van der Waals surface area contributed by atoms with Crippen LogP contribution in [0.15, 0.2) is 30.3 Å². The smallest absolute Gasteiger partial charge is 0.186 e. The van der Waals surface area contributed by atoms with Gasteiger partial charge >= 0.3 is 0 Å². The van der Waals surface area contributed by atoms with Gasteiger partial charge in [-0.3, -0.25) is 5.41 Å². The molecule has 0 aliphatic heterocycles. The molecule has 1 rings (SSSR count). The van der Waals surface area contributed by atoms with Gasteiger partial charge in [0.2, 0.25) is 0 Å². The van der Waals surface area contributed by atoms with Gasteiger partial charge in [-0.2, -0.15) is 0 Å². The Balaban J connectivity index is 2.27. The summed E-state index contributed by atoms with van der Waals surface area (Å²) in [5.74, 6) is 0.424. The monoisotopic (exact) mass is 265 g/mol. The highest BCUT2D eigenvalue weighted by atomic mass is 31.1. The van der Waals surface area contributed by atoms with Crippen molar-refractivity contribution in [2.45, 2.75) is 33.6 Å². The van der Waals surface area contributed by atoms with Crippen LogP contribution in [0.1, 0.15) is 33.6 Å². The topological polar surface area (TPSA) is 33.1 Å². The number of rotatable bonds is 7. The summed E-state index contributed by atoms with van der Waals surface area (Å²) in [5, 5.41) is 9.30. The fourth-order valence-corrected chi connectivity index (χ4v) is 2.84. The molecule has 0 fully saturated rings. The maximum absolute atomic E-state index is 7.87. The SMILES string of the molecule is CCOC(=N)C(C)(C)CCCPc1ccccc1. The number of hydrogen-bond donors (Lipinski definition) is 1. The van der Waals surface area contributed by atoms with Crippen molar-refractivity contribution in [3.63, 3.8) is 0 Å². The molecule has 0 amide bonds. The Kier molecular flexibility index (Phi) is 6.35. The van der Waals surface area contributed by atoms with Crippen LogP contribution in [0.3, 0.4) is 0 Å². The van der Waals surface area contributed by atoms with Crippen LogP contribution in [0.2, 0.25) is 0 Å². The maximum Gasteiger partial charge on any atom is 0.186 e. The zero-order valence-electron chi connectivity index (χ0n) is 11.6. The van der Waals surface area contributed by atoms with Gasteiger partial charge in [0, 0.05) is 5.41 Å². The van der Waals surface area contributed by atoms with E-state index >= 15 is 0 Å². The molecule has 0 aliphatic carbocycles. The molecule has 0 saturated heterocycles. The third-order valence-electron chi connectivity index (χ3n) is 2.98. The van der Waals surface area contributed by atoms with Gasteiger partial charge in [-0.15, -0.1) is 0 Å². The quantitative estimate of drug-likeness (QED) is 0.346. The van der Waals surface area contributed by atoms with E-state index in [0.29, 0.717) is 12.5 Å². The third kappa shape index (κ3) is 5.18. The first-order valence-electron chi connectivity index (χ1n) is 6.57. The molecular weight excluding hydrogens is 241 g/mol. The van der Waals surface area contributed by atoms with Gasteiger partial charge < -0.3 is 4.74 Å². The molecule has 1 atom stereocenters. The predicted octanol–water partition coefficient (Wildman–Crippen LogP) is 3.81. The van der Waals surface area contributed by atoms with E-state index in [9.17, 15) is 0 Å². The molecule has 0 spiro atoms. The number of hydrogen-bond acceptors (Lipinski definition) is 2. The third-order valence-corrected chi connectivity index (χ3v) is 4.33. The largest absolute Gasteiger partial charge is 0.481 e. The molecule has 0 heterocycles. The second-order valence-electron chi connectivity index (χ2n) is 5.04. The highest BCUT2D eigenvalue weighted by molar-refractivity contribution is 7.47. The van der Waals surface area contributed by atoms with Crippen molar-refractivity contribution in [1.82, 2.24) is 0 Å². The summed E-state index contributed by atoms with van der Waals surface area (Å²) in [6.45, 7) is 6.71. The molecule has 0 aliphatic rings. The van der Waals surface area contributed by atoms with Crippen molar-refractivity contribution in [3.05, 3.63) is 30.3 Å². The first-order valence-corrected chi connectivity index (χ1v) is 7.77. The van der Waals surface area contributed by atoms with Gasteiger partial charge in [0.05, 0.1) is 6.61 Å². The average Bonchev–Trinajstić information content (AvgIpc) is 2.36. The van der Waals surface area contributed by atoms with E-state index in [-0.39, 0.29) is 5.41 Å². The minimum absolute atomic E-state index is 0.128. The van der Waals surface area contributed by atoms with E-state index < -0.39 is 0 Å². The summed E-state index contributed by atoms with van der Waals surface area (Å²) in [6.07, 6.45) is 3.37. The molecule has 0 aromatic heterocycles. The summed E-state index contributed by atoms with van der Waals surface area (Å²) in [5.41, 5.74) is -0.128. The molecule has 0 saturated carbocycles. The van der Waals surface area contributed by atoms with Crippen molar-refractivity contribution in [2.24, 2.45) is 5.41 Å². The molecule has 1 N–H and O–H groups in total. The van der Waals surface area contributed by atoms with Gasteiger partial charge in [0.15, 0.2) is 5.90 Å². The lowest BCUT2D eigenvalue weighted by molar-refractivity contribution is 0.260. The highest BCUT2D eigenvalue weighted by Crippen LogP contribution is 2.26. The number of ether oxygens (including phenoxy) is 1. The Labute approximate surface area is 112 Å². The van der Waals surface area contributed by atoms with Crippen LogP contribution < -0.4 is 5.30 Å². The van der Waals surface area contributed by atoms with Crippen LogP contribution in [-0.2, 0) is 4.74 Å². The average molecular weight is 265 g/mol. The van der Waals surface area contributed by atoms with E-state index in [2.05, 4.69) is 44.2 Å². The van der Waals surface area contributed by atoms with Gasteiger partial charge in [-0.1, -0.05) is 52.8 Å². The molecule has 1 aromatic carbocycles. The second kappa shape index (κ2) is 7.53. The predicted molar refractivity (Wildman–Crippen MR) is 81.6 cm³/mol. The summed E-state index contributed by atoms with van der Waals surface area (Å²) < 4.78 is 5.31. The maximum atomic E-state index is 7.87. The lowest BCUT2D eigenvalue weighted by atomic mass is 9.88. The van der Waals surface area contributed by atoms with Crippen molar-refractivity contribution in [2.75, 3.05) is 12.8 Å². The molecule has 100 valence electrons. The van der Waals surface area contributed by atoms with E-state index in [1.807, 2.05) is 6.92 Å². The Morgan fingerprint density at radius 3 is 2.56 bits per heavy atom. The van der Waals surface area contributed by atoms with Crippen LogP contribution >= 0.6 is 8.58 Å². The summed E-state index contributed by atoms with van der Waals surface area (Å²) in [4.78, 5) is 0. The molecule has 0 radical (unpaired) electrons. The Morgan fingerprint density at radius 1 is 1.28 bits per heavy atom. The van der Waals surface area contributed by atoms with Crippen LogP contribution in [-0.4, -0.2) is 18.7 Å². The highest BCUT2D eigenvalue weighted by Gasteiger charge is 2.24. The zero-order chi connectivity index (χ0) is 13.4. The van der Waals surface area contributed by atoms with Crippen molar-refractivity contribution < 1.29 is 4.74 Å². The number of benzene rings is 1. The van der Waals surface area contributed by atoms with Crippen molar-refractivity contribution in [1.29, 1.82) is 5.41 Å². The molecule has 3 heteroatoms. The van der Waals surface area contributed by atoms with Gasteiger partial charge in [-0.05, 0) is 31.2 Å². The van der Waals surface area contributed by atoms with Crippen LogP contribution in [0.4, 0.5) is 0 Å². The van der Waals surface area contributed by atoms with Gasteiger partial charge in [-0.25, -0.2) is 0 Å². The summed E-state index contributed by atoms with van der Waals surface area (Å²) >= 11 is 0. The van der Waals surface area contributed by atoms with Crippen LogP contribution in [0, 0.1) is 10.8 Å². The van der Waals surface area contributed by atoms with E-state index in [0.717, 1.165) is 21.4 Å². The molecule has 1 aromatic rings. The van der Waals surface area contributed by atoms with Crippen molar-refractivity contribution in [3.8, 4) is 0 Å². The summed E-state index contributed by atoms with van der Waals surface area (Å²) in [6, 6.07) is 10.6. The number of nitrogens with one attached hydrogen (secondary N) is 1. The Hall–Kier alpha value is -0.880. The zero-order valence-corrected chi connectivity index (χ0v) is 12.6. The lowest BCUT2D eigenvalue weighted by Gasteiger charge is -2.24. The standard InChI is InChI=1S/C15H24NOP/c1-4-17-14(16)15(2,3)11-8-12-18-13-9-6-5-7-10-13/h5-7,9-10,16,18H,4,8,11-12H2,1-3H3. The fourth-order valence-electron chi connectivity index (χ4n) is 1.77. The lowest BCUT2D eigenvalue weighted by Crippen LogP contribution is -2.26. The van der Waals surface area contributed by atoms with Gasteiger partial charge in [0.1, 0.15) is 0 Å². The first-order chi connectivity index (χ1) is 8.56. The molecule has 18 heavy (non-hydrogen) atoms. The van der Waals surface area contributed by atoms with Crippen LogP contribution in [0.25, 0.3) is 0 Å². The van der Waals surface area contributed by atoms with Crippen LogP contribution in [0.5, 0.6) is 0 Å². The van der Waals surface area contributed by atoms with Gasteiger partial charge in [0.25, 0.3) is 0 Å². The first kappa shape index (κ1) is 15.2. The Morgan fingerprint density at radius 2 is 1.94 bits per heavy atom. The van der Waals surface area contributed by atoms with E-state index in [1.165, 1.54) is 11.5 Å². The normalized spacial score (nSPS) is 11.9. The molecular formula is C15H24NOP. The molecule has 0 bridgehead atoms. The second-order valence-corrected chi connectivity index (χ2v) is 6.47. The van der Waals surface area contributed by atoms with E-state index in [4.69, 9.17) is 10.1 Å². The Bertz CT molecular complexity index is 362. The molecule has 1 unspecified atom stereocenters. The fraction of sp³-hybridized carbons (Fsp3) is 0.533. The minimum Gasteiger partial charge on any atom is -0.481 e. The molecule has 2 nitrogen and oxygen atoms in total.